The van der Waals surface area contributed by atoms with Crippen LogP contribution >= 0.6 is 11.8 Å². The van der Waals surface area contributed by atoms with Gasteiger partial charge in [0, 0.05) is 24.0 Å². The Hall–Kier alpha value is -1.00. The summed E-state index contributed by atoms with van der Waals surface area (Å²) < 4.78 is 0. The molecule has 0 radical (unpaired) electrons. The van der Waals surface area contributed by atoms with E-state index in [0.717, 1.165) is 18.0 Å². The number of rotatable bonds is 8. The van der Waals surface area contributed by atoms with Crippen molar-refractivity contribution in [1.29, 1.82) is 0 Å². The topological polar surface area (TPSA) is 41.1 Å². The summed E-state index contributed by atoms with van der Waals surface area (Å²) in [6.07, 6.45) is 0. The smallest absolute Gasteiger partial charge is 0.230 e. The van der Waals surface area contributed by atoms with Gasteiger partial charge in [-0.15, -0.1) is 11.8 Å². The number of carbonyl (C=O) groups is 1. The molecular formula is C16H26N2OS. The second-order valence-electron chi connectivity index (χ2n) is 5.67. The Labute approximate surface area is 126 Å². The fourth-order valence-electron chi connectivity index (χ4n) is 1.59. The molecule has 1 aromatic carbocycles. The quantitative estimate of drug-likeness (QED) is 0.724. The monoisotopic (exact) mass is 294 g/mol. The van der Waals surface area contributed by atoms with Gasteiger partial charge in [-0.3, -0.25) is 4.79 Å². The number of hydrogen-bond donors (Lipinski definition) is 2. The lowest BCUT2D eigenvalue weighted by Gasteiger charge is -2.10. The van der Waals surface area contributed by atoms with E-state index in [4.69, 9.17) is 0 Å². The number of amides is 1. The molecule has 0 spiro atoms. The number of thioether (sulfide) groups is 1. The molecule has 0 aliphatic rings. The molecule has 2 N–H and O–H groups in total. The van der Waals surface area contributed by atoms with Gasteiger partial charge in [0.05, 0.1) is 5.75 Å². The van der Waals surface area contributed by atoms with E-state index >= 15 is 0 Å². The first-order valence-electron chi connectivity index (χ1n) is 7.19. The number of carbonyl (C=O) groups excluding carboxylic acids is 1. The zero-order chi connectivity index (χ0) is 15.0. The molecule has 0 aliphatic heterocycles. The average molecular weight is 294 g/mol. The lowest BCUT2D eigenvalue weighted by Crippen LogP contribution is -2.28. The van der Waals surface area contributed by atoms with E-state index in [1.165, 1.54) is 5.56 Å². The summed E-state index contributed by atoms with van der Waals surface area (Å²) in [6.45, 7) is 10.1. The number of nitrogens with one attached hydrogen (secondary N) is 2. The van der Waals surface area contributed by atoms with Crippen LogP contribution in [0.2, 0.25) is 0 Å². The van der Waals surface area contributed by atoms with Crippen molar-refractivity contribution >= 4 is 17.7 Å². The van der Waals surface area contributed by atoms with Crippen LogP contribution in [-0.2, 0) is 11.3 Å². The molecule has 0 heterocycles. The third kappa shape index (κ3) is 7.56. The van der Waals surface area contributed by atoms with E-state index in [-0.39, 0.29) is 5.91 Å². The van der Waals surface area contributed by atoms with Gasteiger partial charge in [0.25, 0.3) is 0 Å². The van der Waals surface area contributed by atoms with Crippen LogP contribution in [0.5, 0.6) is 0 Å². The summed E-state index contributed by atoms with van der Waals surface area (Å²) >= 11 is 1.59. The van der Waals surface area contributed by atoms with Crippen molar-refractivity contribution in [2.75, 3.05) is 12.3 Å². The highest BCUT2D eigenvalue weighted by Gasteiger charge is 2.04. The average Bonchev–Trinajstić information content (AvgIpc) is 2.41. The Balaban J connectivity index is 2.40. The Morgan fingerprint density at radius 2 is 2.00 bits per heavy atom. The van der Waals surface area contributed by atoms with Crippen LogP contribution in [0.4, 0.5) is 0 Å². The lowest BCUT2D eigenvalue weighted by atomic mass is 10.2. The first-order valence-corrected chi connectivity index (χ1v) is 8.17. The standard InChI is InChI=1S/C16H26N2OS/c1-12(2)9-18-16(19)11-20-15-7-5-6-14(8-15)10-17-13(3)4/h5-8,12-13,17H,9-11H2,1-4H3,(H,18,19). The predicted octanol–water partition coefficient (Wildman–Crippen LogP) is 3.05. The van der Waals surface area contributed by atoms with Crippen molar-refractivity contribution in [2.24, 2.45) is 5.92 Å². The molecule has 20 heavy (non-hydrogen) atoms. The predicted molar refractivity (Wildman–Crippen MR) is 87.0 cm³/mol. The van der Waals surface area contributed by atoms with Crippen molar-refractivity contribution < 1.29 is 4.79 Å². The first kappa shape index (κ1) is 17.1. The van der Waals surface area contributed by atoms with Crippen LogP contribution in [0.15, 0.2) is 29.2 Å². The Kier molecular flexibility index (Phi) is 7.70. The molecule has 0 fully saturated rings. The molecule has 112 valence electrons. The molecule has 3 nitrogen and oxygen atoms in total. The Morgan fingerprint density at radius 1 is 1.25 bits per heavy atom. The molecule has 0 atom stereocenters. The van der Waals surface area contributed by atoms with E-state index < -0.39 is 0 Å². The van der Waals surface area contributed by atoms with Gasteiger partial charge in [0.2, 0.25) is 5.91 Å². The van der Waals surface area contributed by atoms with Crippen molar-refractivity contribution in [3.05, 3.63) is 29.8 Å². The first-order chi connectivity index (χ1) is 9.47. The highest BCUT2D eigenvalue weighted by molar-refractivity contribution is 8.00. The van der Waals surface area contributed by atoms with Crippen LogP contribution in [0.25, 0.3) is 0 Å². The van der Waals surface area contributed by atoms with Crippen molar-refractivity contribution in [2.45, 2.75) is 45.2 Å². The summed E-state index contributed by atoms with van der Waals surface area (Å²) in [7, 11) is 0. The maximum Gasteiger partial charge on any atom is 0.230 e. The molecular weight excluding hydrogens is 268 g/mol. The SMILES string of the molecule is CC(C)CNC(=O)CSc1cccc(CNC(C)C)c1. The van der Waals surface area contributed by atoms with E-state index in [1.807, 2.05) is 6.07 Å². The van der Waals surface area contributed by atoms with Gasteiger partial charge in [-0.1, -0.05) is 39.8 Å². The molecule has 1 amide bonds. The number of benzene rings is 1. The minimum atomic E-state index is 0.106. The molecule has 1 rings (SSSR count). The van der Waals surface area contributed by atoms with Crippen LogP contribution in [0.3, 0.4) is 0 Å². The maximum atomic E-state index is 11.7. The van der Waals surface area contributed by atoms with Crippen LogP contribution < -0.4 is 10.6 Å². The highest BCUT2D eigenvalue weighted by Crippen LogP contribution is 2.19. The number of hydrogen-bond acceptors (Lipinski definition) is 3. The van der Waals surface area contributed by atoms with Crippen LogP contribution in [-0.4, -0.2) is 24.2 Å². The largest absolute Gasteiger partial charge is 0.355 e. The van der Waals surface area contributed by atoms with Gasteiger partial charge in [-0.05, 0) is 23.6 Å². The maximum absolute atomic E-state index is 11.7. The second kappa shape index (κ2) is 9.03. The van der Waals surface area contributed by atoms with E-state index in [9.17, 15) is 4.79 Å². The normalized spacial score (nSPS) is 11.1. The zero-order valence-corrected chi connectivity index (χ0v) is 13.7. The summed E-state index contributed by atoms with van der Waals surface area (Å²) in [5, 5.41) is 6.33. The highest BCUT2D eigenvalue weighted by atomic mass is 32.2. The fraction of sp³-hybridized carbons (Fsp3) is 0.562. The van der Waals surface area contributed by atoms with Gasteiger partial charge in [-0.2, -0.15) is 0 Å². The summed E-state index contributed by atoms with van der Waals surface area (Å²) in [5.41, 5.74) is 1.26. The van der Waals surface area contributed by atoms with Gasteiger partial charge in [0.1, 0.15) is 0 Å². The van der Waals surface area contributed by atoms with E-state index in [2.05, 4.69) is 56.5 Å². The zero-order valence-electron chi connectivity index (χ0n) is 12.9. The minimum Gasteiger partial charge on any atom is -0.355 e. The molecule has 1 aromatic rings. The molecule has 0 aliphatic carbocycles. The lowest BCUT2D eigenvalue weighted by molar-refractivity contribution is -0.118. The molecule has 0 bridgehead atoms. The fourth-order valence-corrected chi connectivity index (χ4v) is 2.39. The summed E-state index contributed by atoms with van der Waals surface area (Å²) in [6, 6.07) is 8.84. The third-order valence-corrected chi connectivity index (χ3v) is 3.68. The summed E-state index contributed by atoms with van der Waals surface area (Å²) in [4.78, 5) is 12.8. The molecule has 0 aromatic heterocycles. The minimum absolute atomic E-state index is 0.106. The van der Waals surface area contributed by atoms with Gasteiger partial charge < -0.3 is 10.6 Å². The summed E-state index contributed by atoms with van der Waals surface area (Å²) in [5.74, 6) is 1.08. The van der Waals surface area contributed by atoms with Gasteiger partial charge in [-0.25, -0.2) is 0 Å². The van der Waals surface area contributed by atoms with Crippen LogP contribution in [0.1, 0.15) is 33.3 Å². The van der Waals surface area contributed by atoms with Crippen molar-refractivity contribution in [3.63, 3.8) is 0 Å². The van der Waals surface area contributed by atoms with Gasteiger partial charge >= 0.3 is 0 Å². The molecule has 0 saturated heterocycles. The Morgan fingerprint density at radius 3 is 2.65 bits per heavy atom. The van der Waals surface area contributed by atoms with Gasteiger partial charge in [0.15, 0.2) is 0 Å². The Bertz CT molecular complexity index is 419. The third-order valence-electron chi connectivity index (χ3n) is 2.69. The van der Waals surface area contributed by atoms with Crippen molar-refractivity contribution in [1.82, 2.24) is 10.6 Å². The van der Waals surface area contributed by atoms with Crippen LogP contribution in [0, 0.1) is 5.92 Å². The molecule has 0 unspecified atom stereocenters. The second-order valence-corrected chi connectivity index (χ2v) is 6.72. The van der Waals surface area contributed by atoms with E-state index in [1.54, 1.807) is 11.8 Å². The molecule has 4 heteroatoms. The molecule has 0 saturated carbocycles. The van der Waals surface area contributed by atoms with E-state index in [0.29, 0.717) is 17.7 Å². The van der Waals surface area contributed by atoms with Crippen molar-refractivity contribution in [3.8, 4) is 0 Å².